The molecule has 0 aromatic rings. The van der Waals surface area contributed by atoms with E-state index in [-0.39, 0.29) is 10.8 Å². The molecule has 0 rings (SSSR count). The van der Waals surface area contributed by atoms with Crippen molar-refractivity contribution < 1.29 is 14.9 Å². The van der Waals surface area contributed by atoms with Gasteiger partial charge in [-0.2, -0.15) is 0 Å². The minimum absolute atomic E-state index is 0.0247. The van der Waals surface area contributed by atoms with Gasteiger partial charge in [0.1, 0.15) is 24.0 Å². The highest BCUT2D eigenvalue weighted by molar-refractivity contribution is 5.00. The predicted molar refractivity (Wildman–Crippen MR) is 70.7 cm³/mol. The Balaban J connectivity index is 4.57. The van der Waals surface area contributed by atoms with Crippen LogP contribution in [0.1, 0.15) is 54.4 Å². The first-order chi connectivity index (χ1) is 7.57. The van der Waals surface area contributed by atoms with Crippen LogP contribution in [0.2, 0.25) is 0 Å². The summed E-state index contributed by atoms with van der Waals surface area (Å²) >= 11 is 0. The molecule has 0 fully saturated rings. The summed E-state index contributed by atoms with van der Waals surface area (Å²) in [5.41, 5.74) is 0.0493. The van der Waals surface area contributed by atoms with Gasteiger partial charge in [0.25, 0.3) is 0 Å². The van der Waals surface area contributed by atoms with Crippen LogP contribution in [0.15, 0.2) is 24.0 Å². The lowest BCUT2D eigenvalue weighted by atomic mass is 9.90. The highest BCUT2D eigenvalue weighted by atomic mass is 16.5. The molecule has 0 unspecified atom stereocenters. The SMILES string of the molecule is CC(C)(C)CC(=CO)OC(=CO)CC(C)(C)C. The first-order valence-corrected chi connectivity index (χ1v) is 5.92. The maximum absolute atomic E-state index is 9.14. The van der Waals surface area contributed by atoms with Gasteiger partial charge in [0.05, 0.1) is 0 Å². The van der Waals surface area contributed by atoms with Crippen LogP contribution >= 0.6 is 0 Å². The van der Waals surface area contributed by atoms with Crippen LogP contribution in [-0.4, -0.2) is 10.2 Å². The molecule has 0 aliphatic rings. The summed E-state index contributed by atoms with van der Waals surface area (Å²) in [6.45, 7) is 12.4. The molecule has 100 valence electrons. The van der Waals surface area contributed by atoms with Crippen LogP contribution in [0.4, 0.5) is 0 Å². The van der Waals surface area contributed by atoms with Gasteiger partial charge in [0.15, 0.2) is 0 Å². The number of hydrogen-bond acceptors (Lipinski definition) is 3. The second-order valence-corrected chi connectivity index (χ2v) is 6.77. The molecule has 0 bridgehead atoms. The maximum Gasteiger partial charge on any atom is 0.138 e. The second-order valence-electron chi connectivity index (χ2n) is 6.77. The molecule has 3 heteroatoms. The third kappa shape index (κ3) is 8.66. The molecule has 0 aliphatic heterocycles. The number of ether oxygens (including phenoxy) is 1. The fourth-order valence-electron chi connectivity index (χ4n) is 1.43. The Kier molecular flexibility index (Phi) is 5.59. The molecular formula is C14H26O3. The Labute approximate surface area is 105 Å². The van der Waals surface area contributed by atoms with E-state index < -0.39 is 0 Å². The van der Waals surface area contributed by atoms with Crippen molar-refractivity contribution in [1.29, 1.82) is 0 Å². The molecule has 0 heterocycles. The zero-order valence-corrected chi connectivity index (χ0v) is 11.9. The number of allylic oxidation sites excluding steroid dienone is 2. The second kappa shape index (κ2) is 5.99. The molecular weight excluding hydrogens is 216 g/mol. The van der Waals surface area contributed by atoms with Crippen LogP contribution < -0.4 is 0 Å². The van der Waals surface area contributed by atoms with Crippen LogP contribution in [0, 0.1) is 10.8 Å². The lowest BCUT2D eigenvalue weighted by Crippen LogP contribution is -2.12. The normalized spacial score (nSPS) is 14.9. The maximum atomic E-state index is 9.14. The van der Waals surface area contributed by atoms with Gasteiger partial charge in [-0.25, -0.2) is 0 Å². The van der Waals surface area contributed by atoms with Crippen molar-refractivity contribution in [3.8, 4) is 0 Å². The monoisotopic (exact) mass is 242 g/mol. The van der Waals surface area contributed by atoms with Gasteiger partial charge in [-0.15, -0.1) is 0 Å². The average Bonchev–Trinajstić information content (AvgIpc) is 2.11. The highest BCUT2D eigenvalue weighted by Crippen LogP contribution is 2.30. The first-order valence-electron chi connectivity index (χ1n) is 5.92. The van der Waals surface area contributed by atoms with Crippen LogP contribution in [0.25, 0.3) is 0 Å². The number of aliphatic hydroxyl groups excluding tert-OH is 2. The van der Waals surface area contributed by atoms with Gasteiger partial charge in [0.2, 0.25) is 0 Å². The Morgan fingerprint density at radius 2 is 1.12 bits per heavy atom. The fourth-order valence-corrected chi connectivity index (χ4v) is 1.43. The molecule has 0 aromatic carbocycles. The minimum atomic E-state index is 0.0247. The Bertz CT molecular complexity index is 258. The smallest absolute Gasteiger partial charge is 0.138 e. The summed E-state index contributed by atoms with van der Waals surface area (Å²) in [5.74, 6) is 0.948. The number of aliphatic hydroxyl groups is 2. The van der Waals surface area contributed by atoms with Crippen molar-refractivity contribution in [1.82, 2.24) is 0 Å². The van der Waals surface area contributed by atoms with Crippen molar-refractivity contribution in [3.05, 3.63) is 24.0 Å². The van der Waals surface area contributed by atoms with Gasteiger partial charge in [0, 0.05) is 12.8 Å². The number of hydrogen-bond donors (Lipinski definition) is 2. The standard InChI is InChI=1S/C14H26O3/c1-13(2,3)7-11(9-15)17-12(10-16)8-14(4,5)6/h9-10,15-16H,7-8H2,1-6H3. The average molecular weight is 242 g/mol. The largest absolute Gasteiger partial charge is 0.512 e. The van der Waals surface area contributed by atoms with Crippen LogP contribution in [0.3, 0.4) is 0 Å². The lowest BCUT2D eigenvalue weighted by molar-refractivity contribution is 0.192. The zero-order chi connectivity index (χ0) is 13.7. The van der Waals surface area contributed by atoms with E-state index in [1.807, 2.05) is 0 Å². The van der Waals surface area contributed by atoms with E-state index in [0.717, 1.165) is 12.5 Å². The van der Waals surface area contributed by atoms with E-state index in [1.165, 1.54) is 0 Å². The molecule has 0 atom stereocenters. The van der Waals surface area contributed by atoms with E-state index in [4.69, 9.17) is 14.9 Å². The molecule has 0 aromatic heterocycles. The van der Waals surface area contributed by atoms with E-state index in [2.05, 4.69) is 41.5 Å². The van der Waals surface area contributed by atoms with E-state index >= 15 is 0 Å². The molecule has 0 spiro atoms. The van der Waals surface area contributed by atoms with Gasteiger partial charge >= 0.3 is 0 Å². The molecule has 0 amide bonds. The van der Waals surface area contributed by atoms with E-state index in [9.17, 15) is 0 Å². The van der Waals surface area contributed by atoms with Crippen molar-refractivity contribution in [2.45, 2.75) is 54.4 Å². The van der Waals surface area contributed by atoms with Gasteiger partial charge < -0.3 is 14.9 Å². The van der Waals surface area contributed by atoms with Crippen molar-refractivity contribution in [3.63, 3.8) is 0 Å². The van der Waals surface area contributed by atoms with E-state index in [0.29, 0.717) is 24.4 Å². The summed E-state index contributed by atoms with van der Waals surface area (Å²) in [6, 6.07) is 0. The molecule has 3 nitrogen and oxygen atoms in total. The Hall–Kier alpha value is -1.12. The molecule has 0 saturated heterocycles. The zero-order valence-electron chi connectivity index (χ0n) is 11.9. The lowest BCUT2D eigenvalue weighted by Gasteiger charge is -2.23. The quantitative estimate of drug-likeness (QED) is 0.704. The third-order valence-electron chi connectivity index (χ3n) is 1.96. The predicted octanol–water partition coefficient (Wildman–Crippen LogP) is 4.67. The molecule has 0 radical (unpaired) electrons. The Morgan fingerprint density at radius 1 is 0.824 bits per heavy atom. The molecule has 0 aliphatic carbocycles. The van der Waals surface area contributed by atoms with Crippen LogP contribution in [-0.2, 0) is 4.74 Å². The summed E-state index contributed by atoms with van der Waals surface area (Å²) in [4.78, 5) is 0. The summed E-state index contributed by atoms with van der Waals surface area (Å²) < 4.78 is 5.52. The summed E-state index contributed by atoms with van der Waals surface area (Å²) in [6.07, 6.45) is 3.17. The molecule has 17 heavy (non-hydrogen) atoms. The highest BCUT2D eigenvalue weighted by Gasteiger charge is 2.19. The third-order valence-corrected chi connectivity index (χ3v) is 1.96. The van der Waals surface area contributed by atoms with Crippen molar-refractivity contribution in [2.75, 3.05) is 0 Å². The van der Waals surface area contributed by atoms with Gasteiger partial charge in [-0.05, 0) is 10.8 Å². The van der Waals surface area contributed by atoms with Crippen LogP contribution in [0.5, 0.6) is 0 Å². The van der Waals surface area contributed by atoms with Gasteiger partial charge in [-0.1, -0.05) is 41.5 Å². The Morgan fingerprint density at radius 3 is 1.29 bits per heavy atom. The molecule has 0 saturated carbocycles. The first kappa shape index (κ1) is 15.9. The summed E-state index contributed by atoms with van der Waals surface area (Å²) in [7, 11) is 0. The minimum Gasteiger partial charge on any atom is -0.512 e. The molecule has 2 N–H and O–H groups in total. The topological polar surface area (TPSA) is 49.7 Å². The number of rotatable bonds is 4. The fraction of sp³-hybridized carbons (Fsp3) is 0.714. The van der Waals surface area contributed by atoms with Crippen molar-refractivity contribution in [2.24, 2.45) is 10.8 Å². The van der Waals surface area contributed by atoms with Gasteiger partial charge in [-0.3, -0.25) is 0 Å². The van der Waals surface area contributed by atoms with Crippen molar-refractivity contribution >= 4 is 0 Å². The van der Waals surface area contributed by atoms with E-state index in [1.54, 1.807) is 0 Å². The summed E-state index contributed by atoms with van der Waals surface area (Å²) in [5, 5.41) is 18.3.